The molecule has 1 saturated carbocycles. The molecule has 0 atom stereocenters. The van der Waals surface area contributed by atoms with Crippen LogP contribution < -0.4 is 10.6 Å². The van der Waals surface area contributed by atoms with Crippen LogP contribution in [0.25, 0.3) is 0 Å². The number of carbonyl (C=O) groups is 2. The second-order valence-electron chi connectivity index (χ2n) is 5.80. The van der Waals surface area contributed by atoms with Gasteiger partial charge in [0.25, 0.3) is 0 Å². The van der Waals surface area contributed by atoms with Gasteiger partial charge >= 0.3 is 0 Å². The van der Waals surface area contributed by atoms with Crippen LogP contribution in [0, 0.1) is 0 Å². The average molecular weight is 255 g/mol. The zero-order chi connectivity index (χ0) is 13.8. The molecule has 0 aromatic rings. The molecule has 0 radical (unpaired) electrons. The lowest BCUT2D eigenvalue weighted by Crippen LogP contribution is -2.48. The van der Waals surface area contributed by atoms with Gasteiger partial charge in [0.05, 0.1) is 13.1 Å². The van der Waals surface area contributed by atoms with E-state index in [-0.39, 0.29) is 30.4 Å². The molecule has 0 saturated heterocycles. The van der Waals surface area contributed by atoms with Crippen molar-refractivity contribution in [2.75, 3.05) is 20.1 Å². The molecule has 5 nitrogen and oxygen atoms in total. The Bertz CT molecular complexity index is 311. The topological polar surface area (TPSA) is 61.4 Å². The normalized spacial score (nSPS) is 15.6. The summed E-state index contributed by atoms with van der Waals surface area (Å²) in [5.74, 6) is -0.0360. The maximum Gasteiger partial charge on any atom is 0.234 e. The molecule has 2 N–H and O–H groups in total. The molecule has 0 aromatic heterocycles. The second-order valence-corrected chi connectivity index (χ2v) is 5.80. The largest absolute Gasteiger partial charge is 0.352 e. The van der Waals surface area contributed by atoms with E-state index in [0.29, 0.717) is 6.04 Å². The molecule has 0 bridgehead atoms. The lowest BCUT2D eigenvalue weighted by Gasteiger charge is -2.26. The molecule has 18 heavy (non-hydrogen) atoms. The van der Waals surface area contributed by atoms with Gasteiger partial charge < -0.3 is 10.6 Å². The molecule has 0 spiro atoms. The van der Waals surface area contributed by atoms with E-state index in [0.717, 1.165) is 19.3 Å². The van der Waals surface area contributed by atoms with E-state index in [1.807, 2.05) is 20.8 Å². The Labute approximate surface area is 109 Å². The molecule has 0 heterocycles. The molecule has 1 aliphatic carbocycles. The van der Waals surface area contributed by atoms with Crippen molar-refractivity contribution in [3.8, 4) is 0 Å². The summed E-state index contributed by atoms with van der Waals surface area (Å²) in [6.45, 7) is 6.54. The smallest absolute Gasteiger partial charge is 0.234 e. The van der Waals surface area contributed by atoms with Crippen LogP contribution in [0.15, 0.2) is 0 Å². The van der Waals surface area contributed by atoms with Crippen LogP contribution in [0.1, 0.15) is 40.0 Å². The van der Waals surface area contributed by atoms with Crippen molar-refractivity contribution in [3.05, 3.63) is 0 Å². The zero-order valence-corrected chi connectivity index (χ0v) is 11.9. The summed E-state index contributed by atoms with van der Waals surface area (Å²) in [6, 6.07) is 0.374. The van der Waals surface area contributed by atoms with Crippen LogP contribution in [-0.2, 0) is 9.59 Å². The number of amides is 2. The molecule has 0 unspecified atom stereocenters. The van der Waals surface area contributed by atoms with Gasteiger partial charge in [0.2, 0.25) is 11.8 Å². The quantitative estimate of drug-likeness (QED) is 0.696. The summed E-state index contributed by atoms with van der Waals surface area (Å²) in [5.41, 5.74) is -0.186. The van der Waals surface area contributed by atoms with Gasteiger partial charge in [-0.05, 0) is 40.2 Å². The predicted octanol–water partition coefficient (Wildman–Crippen LogP) is 0.502. The molecule has 2 amide bonds. The molecular weight excluding hydrogens is 230 g/mol. The Morgan fingerprint density at radius 1 is 1.22 bits per heavy atom. The van der Waals surface area contributed by atoms with Gasteiger partial charge in [-0.2, -0.15) is 0 Å². The van der Waals surface area contributed by atoms with E-state index in [2.05, 4.69) is 10.6 Å². The number of likely N-dealkylation sites (N-methyl/N-ethyl adjacent to an activating group) is 1. The molecular formula is C13H25N3O2. The van der Waals surface area contributed by atoms with Crippen LogP contribution in [0.4, 0.5) is 0 Å². The Balaban J connectivity index is 2.23. The molecule has 0 aliphatic heterocycles. The van der Waals surface area contributed by atoms with Gasteiger partial charge in [0.1, 0.15) is 0 Å². The Hall–Kier alpha value is -1.10. The summed E-state index contributed by atoms with van der Waals surface area (Å²) >= 11 is 0. The van der Waals surface area contributed by atoms with Crippen molar-refractivity contribution in [2.45, 2.75) is 51.6 Å². The summed E-state index contributed by atoms with van der Waals surface area (Å²) in [6.07, 6.45) is 3.05. The van der Waals surface area contributed by atoms with Gasteiger partial charge in [-0.15, -0.1) is 0 Å². The first-order chi connectivity index (χ1) is 8.32. The van der Waals surface area contributed by atoms with Crippen LogP contribution in [-0.4, -0.2) is 48.4 Å². The molecule has 0 aromatic carbocycles. The van der Waals surface area contributed by atoms with Crippen LogP contribution in [0.5, 0.6) is 0 Å². The maximum absolute atomic E-state index is 11.8. The number of nitrogens with zero attached hydrogens (tertiary/aromatic N) is 1. The van der Waals surface area contributed by atoms with Crippen molar-refractivity contribution < 1.29 is 9.59 Å². The van der Waals surface area contributed by atoms with E-state index in [1.165, 1.54) is 0 Å². The molecule has 1 aliphatic rings. The second kappa shape index (κ2) is 6.18. The van der Waals surface area contributed by atoms with Crippen molar-refractivity contribution in [2.24, 2.45) is 0 Å². The highest BCUT2D eigenvalue weighted by Crippen LogP contribution is 2.18. The lowest BCUT2D eigenvalue weighted by atomic mass is 10.0. The predicted molar refractivity (Wildman–Crippen MR) is 71.2 cm³/mol. The third-order valence-electron chi connectivity index (χ3n) is 3.13. The third kappa shape index (κ3) is 6.00. The van der Waals surface area contributed by atoms with E-state index < -0.39 is 0 Å². The fourth-order valence-corrected chi connectivity index (χ4v) is 1.55. The summed E-state index contributed by atoms with van der Waals surface area (Å²) in [4.78, 5) is 25.0. The standard InChI is InChI=1S/C13H25N3O2/c1-5-13(2,3)15-12(18)9-16(4)8-11(17)14-10-6-7-10/h10H,5-9H2,1-4H3,(H,14,17)(H,15,18). The van der Waals surface area contributed by atoms with Crippen LogP contribution >= 0.6 is 0 Å². The van der Waals surface area contributed by atoms with E-state index in [9.17, 15) is 9.59 Å². The minimum Gasteiger partial charge on any atom is -0.352 e. The van der Waals surface area contributed by atoms with Crippen molar-refractivity contribution in [3.63, 3.8) is 0 Å². The first-order valence-electron chi connectivity index (χ1n) is 6.61. The fraction of sp³-hybridized carbons (Fsp3) is 0.846. The molecule has 5 heteroatoms. The molecule has 1 fully saturated rings. The minimum absolute atomic E-state index is 0.00236. The van der Waals surface area contributed by atoms with Crippen LogP contribution in [0.3, 0.4) is 0 Å². The molecule has 104 valence electrons. The highest BCUT2D eigenvalue weighted by Gasteiger charge is 2.24. The van der Waals surface area contributed by atoms with Gasteiger partial charge in [0, 0.05) is 11.6 Å². The van der Waals surface area contributed by atoms with Gasteiger partial charge in [-0.1, -0.05) is 6.92 Å². The summed E-state index contributed by atoms with van der Waals surface area (Å²) in [5, 5.41) is 5.86. The van der Waals surface area contributed by atoms with E-state index in [1.54, 1.807) is 11.9 Å². The number of nitrogens with one attached hydrogen (secondary N) is 2. The number of hydrogen-bond acceptors (Lipinski definition) is 3. The number of rotatable bonds is 7. The Kier molecular flexibility index (Phi) is 5.14. The first-order valence-corrected chi connectivity index (χ1v) is 6.61. The Morgan fingerprint density at radius 3 is 2.28 bits per heavy atom. The molecule has 1 rings (SSSR count). The van der Waals surface area contributed by atoms with Gasteiger partial charge in [0.15, 0.2) is 0 Å². The zero-order valence-electron chi connectivity index (χ0n) is 11.9. The lowest BCUT2D eigenvalue weighted by molar-refractivity contribution is -0.125. The number of carbonyl (C=O) groups excluding carboxylic acids is 2. The minimum atomic E-state index is -0.186. The monoisotopic (exact) mass is 255 g/mol. The summed E-state index contributed by atoms with van der Waals surface area (Å²) in [7, 11) is 1.78. The van der Waals surface area contributed by atoms with Crippen LogP contribution in [0.2, 0.25) is 0 Å². The first kappa shape index (κ1) is 15.0. The maximum atomic E-state index is 11.8. The van der Waals surface area contributed by atoms with Crippen molar-refractivity contribution in [1.29, 1.82) is 0 Å². The van der Waals surface area contributed by atoms with Crippen molar-refractivity contribution in [1.82, 2.24) is 15.5 Å². The average Bonchev–Trinajstić information content (AvgIpc) is 2.99. The van der Waals surface area contributed by atoms with E-state index >= 15 is 0 Å². The van der Waals surface area contributed by atoms with Gasteiger partial charge in [-0.3, -0.25) is 14.5 Å². The van der Waals surface area contributed by atoms with E-state index in [4.69, 9.17) is 0 Å². The highest BCUT2D eigenvalue weighted by atomic mass is 16.2. The number of hydrogen-bond donors (Lipinski definition) is 2. The fourth-order valence-electron chi connectivity index (χ4n) is 1.55. The highest BCUT2D eigenvalue weighted by molar-refractivity contribution is 5.81. The van der Waals surface area contributed by atoms with Crippen molar-refractivity contribution >= 4 is 11.8 Å². The summed E-state index contributed by atoms with van der Waals surface area (Å²) < 4.78 is 0. The third-order valence-corrected chi connectivity index (χ3v) is 3.13. The SMILES string of the molecule is CCC(C)(C)NC(=O)CN(C)CC(=O)NC1CC1. The van der Waals surface area contributed by atoms with Gasteiger partial charge in [-0.25, -0.2) is 0 Å². The Morgan fingerprint density at radius 2 is 1.78 bits per heavy atom.